The van der Waals surface area contributed by atoms with Crippen LogP contribution >= 0.6 is 0 Å². The number of ether oxygens (including phenoxy) is 3. The lowest BCUT2D eigenvalue weighted by atomic mass is 10.0. The van der Waals surface area contributed by atoms with Gasteiger partial charge in [0.1, 0.15) is 50.0 Å². The molecule has 0 radical (unpaired) electrons. The van der Waals surface area contributed by atoms with Crippen molar-refractivity contribution in [1.29, 1.82) is 0 Å². The molecule has 14 N–H and O–H groups in total. The van der Waals surface area contributed by atoms with E-state index in [1.165, 1.54) is 0 Å². The zero-order chi connectivity index (χ0) is 55.5. The first-order chi connectivity index (χ1) is 36.6. The van der Waals surface area contributed by atoms with E-state index in [2.05, 4.69) is 26.6 Å². The van der Waals surface area contributed by atoms with E-state index in [0.29, 0.717) is 74.7 Å². The molecule has 3 rings (SSSR count). The quantitative estimate of drug-likeness (QED) is 0.0222. The number of hydrogen-bond donors (Lipinski definition) is 10. The average molecular weight is 1060 g/mol. The number of amides is 5. The summed E-state index contributed by atoms with van der Waals surface area (Å²) >= 11 is 0. The molecule has 0 bridgehead atoms. The second kappa shape index (κ2) is 36.6. The average Bonchev–Trinajstić information content (AvgIpc) is 3.42. The van der Waals surface area contributed by atoms with Gasteiger partial charge in [-0.1, -0.05) is 97.4 Å². The normalized spacial score (nSPS) is 13.3. The number of unbranched alkanes of at least 4 members (excludes halogenated alkanes) is 3. The molecule has 22 heteroatoms. The molecule has 6 atom stereocenters. The maximum Gasteiger partial charge on any atom is 0.326 e. The molecule has 0 aliphatic rings. The highest BCUT2D eigenvalue weighted by Gasteiger charge is 2.34. The summed E-state index contributed by atoms with van der Waals surface area (Å²) in [5.41, 5.74) is 25.3. The number of hydrogen-bond acceptors (Lipinski definition) is 16. The van der Waals surface area contributed by atoms with Gasteiger partial charge in [0.15, 0.2) is 0 Å². The first-order valence-corrected chi connectivity index (χ1v) is 25.8. The highest BCUT2D eigenvalue weighted by molar-refractivity contribution is 5.96. The van der Waals surface area contributed by atoms with Crippen molar-refractivity contribution in [3.8, 4) is 0 Å². The van der Waals surface area contributed by atoms with Gasteiger partial charge in [-0.3, -0.25) is 38.4 Å². The van der Waals surface area contributed by atoms with Crippen molar-refractivity contribution in [3.63, 3.8) is 0 Å². The van der Waals surface area contributed by atoms with Crippen LogP contribution in [-0.4, -0.2) is 114 Å². The summed E-state index contributed by atoms with van der Waals surface area (Å²) in [5, 5.41) is 23.0. The van der Waals surface area contributed by atoms with Crippen molar-refractivity contribution >= 4 is 53.4 Å². The fourth-order valence-electron chi connectivity index (χ4n) is 7.54. The van der Waals surface area contributed by atoms with Crippen LogP contribution in [0.25, 0.3) is 0 Å². The minimum Gasteiger partial charge on any atom is -0.480 e. The van der Waals surface area contributed by atoms with Crippen LogP contribution in [0.15, 0.2) is 91.0 Å². The molecule has 6 unspecified atom stereocenters. The fourth-order valence-corrected chi connectivity index (χ4v) is 7.54. The molecule has 0 aliphatic carbocycles. The monoisotopic (exact) mass is 1060 g/mol. The van der Waals surface area contributed by atoms with Gasteiger partial charge in [-0.25, -0.2) is 4.79 Å². The third-order valence-corrected chi connectivity index (χ3v) is 12.0. The van der Waals surface area contributed by atoms with Crippen molar-refractivity contribution in [1.82, 2.24) is 26.6 Å². The van der Waals surface area contributed by atoms with E-state index in [1.54, 1.807) is 91.0 Å². The SMILES string of the molecule is NCCCCC(N)C(=O)NC(CCCCN)C(=O)NC(CCCCN)C(=O)NC(CCC(=O)OCc1ccccc1)C(=O)NC(CCC(=O)OCc1ccccc1)C(=O)NC(CCC(=O)OCc1ccccc1)C(=O)O. The van der Waals surface area contributed by atoms with E-state index in [0.717, 1.165) is 0 Å². The number of benzene rings is 3. The molecular formula is C54H77N9O13. The van der Waals surface area contributed by atoms with Gasteiger partial charge in [-0.05, 0) is 107 Å². The molecule has 416 valence electrons. The molecule has 0 saturated carbocycles. The molecule has 0 saturated heterocycles. The Labute approximate surface area is 443 Å². The number of carboxylic acid groups (broad SMARTS) is 1. The summed E-state index contributed by atoms with van der Waals surface area (Å²) in [6, 6.07) is 18.0. The molecule has 0 spiro atoms. The van der Waals surface area contributed by atoms with Crippen molar-refractivity contribution < 1.29 is 62.5 Å². The number of esters is 3. The summed E-state index contributed by atoms with van der Waals surface area (Å²) in [5.74, 6) is -8.01. The zero-order valence-electron chi connectivity index (χ0n) is 43.1. The number of carboxylic acids is 1. The second-order valence-corrected chi connectivity index (χ2v) is 18.2. The first kappa shape index (κ1) is 63.0. The molecule has 5 amide bonds. The molecule has 3 aromatic carbocycles. The Morgan fingerprint density at radius 1 is 0.382 bits per heavy atom. The van der Waals surface area contributed by atoms with E-state index in [1.807, 2.05) is 0 Å². The topological polar surface area (TPSA) is 366 Å². The van der Waals surface area contributed by atoms with Crippen molar-refractivity contribution in [3.05, 3.63) is 108 Å². The highest BCUT2D eigenvalue weighted by Crippen LogP contribution is 2.13. The highest BCUT2D eigenvalue weighted by atomic mass is 16.5. The standard InChI is InChI=1S/C54H77N9O13/c55-31-13-10-22-40(58)49(67)59-41(23-11-14-32-56)50(68)60-42(24-12-15-33-57)51(69)61-43(25-28-46(64)74-34-37-16-4-1-5-17-37)52(70)62-44(26-29-47(65)75-35-38-18-6-2-7-19-38)53(71)63-45(54(72)73)27-30-48(66)76-36-39-20-8-3-9-21-39/h1-9,16-21,40-45H,10-15,22-36,55-58H2,(H,59,67)(H,60,68)(H,61,69)(H,62,70)(H,63,71)(H,72,73). The fraction of sp³-hybridized carbons (Fsp3) is 0.500. The molecule has 3 aromatic rings. The van der Waals surface area contributed by atoms with Crippen LogP contribution in [0, 0.1) is 0 Å². The van der Waals surface area contributed by atoms with Crippen molar-refractivity contribution in [2.45, 2.75) is 152 Å². The molecule has 76 heavy (non-hydrogen) atoms. The Bertz CT molecular complexity index is 2260. The number of aliphatic carboxylic acids is 1. The second-order valence-electron chi connectivity index (χ2n) is 18.2. The summed E-state index contributed by atoms with van der Waals surface area (Å²) in [4.78, 5) is 121. The lowest BCUT2D eigenvalue weighted by Crippen LogP contribution is -2.59. The zero-order valence-corrected chi connectivity index (χ0v) is 43.1. The number of carbonyl (C=O) groups excluding carboxylic acids is 8. The van der Waals surface area contributed by atoms with Gasteiger partial charge in [-0.15, -0.1) is 0 Å². The smallest absolute Gasteiger partial charge is 0.326 e. The van der Waals surface area contributed by atoms with E-state index < -0.39 is 128 Å². The van der Waals surface area contributed by atoms with Crippen LogP contribution in [0.2, 0.25) is 0 Å². The summed E-state index contributed by atoms with van der Waals surface area (Å²) < 4.78 is 16.1. The maximum absolute atomic E-state index is 14.5. The Morgan fingerprint density at radius 2 is 0.658 bits per heavy atom. The lowest BCUT2D eigenvalue weighted by molar-refractivity contribution is -0.148. The predicted molar refractivity (Wildman–Crippen MR) is 280 cm³/mol. The Hall–Kier alpha value is -7.27. The summed E-state index contributed by atoms with van der Waals surface area (Å²) in [6.07, 6.45) is 0.964. The van der Waals surface area contributed by atoms with Gasteiger partial charge in [0, 0.05) is 19.3 Å². The molecule has 22 nitrogen and oxygen atoms in total. The minimum atomic E-state index is -1.66. The Balaban J connectivity index is 1.91. The van der Waals surface area contributed by atoms with Crippen molar-refractivity contribution in [2.75, 3.05) is 19.6 Å². The molecule has 0 fully saturated rings. The third-order valence-electron chi connectivity index (χ3n) is 12.0. The largest absolute Gasteiger partial charge is 0.480 e. The van der Waals surface area contributed by atoms with Gasteiger partial charge in [0.05, 0.1) is 6.04 Å². The van der Waals surface area contributed by atoms with Gasteiger partial charge >= 0.3 is 23.9 Å². The maximum atomic E-state index is 14.5. The Morgan fingerprint density at radius 3 is 0.974 bits per heavy atom. The van der Waals surface area contributed by atoms with E-state index in [9.17, 15) is 48.3 Å². The molecular weight excluding hydrogens is 983 g/mol. The van der Waals surface area contributed by atoms with E-state index in [-0.39, 0.29) is 39.2 Å². The van der Waals surface area contributed by atoms with Crippen LogP contribution in [-0.2, 0) is 77.2 Å². The molecule has 0 aliphatic heterocycles. The predicted octanol–water partition coefficient (Wildman–Crippen LogP) is 1.78. The summed E-state index contributed by atoms with van der Waals surface area (Å²) in [6.45, 7) is 0.715. The van der Waals surface area contributed by atoms with Crippen LogP contribution in [0.3, 0.4) is 0 Å². The van der Waals surface area contributed by atoms with Gasteiger partial charge in [0.25, 0.3) is 0 Å². The summed E-state index contributed by atoms with van der Waals surface area (Å²) in [7, 11) is 0. The van der Waals surface area contributed by atoms with E-state index in [4.69, 9.17) is 37.1 Å². The van der Waals surface area contributed by atoms with E-state index >= 15 is 0 Å². The number of rotatable bonds is 38. The number of carbonyl (C=O) groups is 9. The molecule has 0 aromatic heterocycles. The van der Waals surface area contributed by atoms with Crippen LogP contribution in [0.1, 0.15) is 113 Å². The van der Waals surface area contributed by atoms with Gasteiger partial charge in [0.2, 0.25) is 29.5 Å². The molecule has 0 heterocycles. The van der Waals surface area contributed by atoms with Crippen LogP contribution in [0.4, 0.5) is 0 Å². The first-order valence-electron chi connectivity index (χ1n) is 25.8. The third kappa shape index (κ3) is 25.8. The van der Waals surface area contributed by atoms with Crippen LogP contribution < -0.4 is 49.5 Å². The van der Waals surface area contributed by atoms with Gasteiger partial charge < -0.3 is 68.8 Å². The number of nitrogens with two attached hydrogens (primary N) is 4. The van der Waals surface area contributed by atoms with Crippen molar-refractivity contribution in [2.24, 2.45) is 22.9 Å². The lowest BCUT2D eigenvalue weighted by Gasteiger charge is -2.27. The van der Waals surface area contributed by atoms with Gasteiger partial charge in [-0.2, -0.15) is 0 Å². The number of nitrogens with one attached hydrogen (secondary N) is 5. The minimum absolute atomic E-state index is 0.0246. The van der Waals surface area contributed by atoms with Crippen LogP contribution in [0.5, 0.6) is 0 Å². The Kier molecular flexibility index (Phi) is 30.4.